The minimum absolute atomic E-state index is 0.0725. The predicted molar refractivity (Wildman–Crippen MR) is 71.5 cm³/mol. The zero-order valence-electron chi connectivity index (χ0n) is 9.41. The van der Waals surface area contributed by atoms with E-state index in [-0.39, 0.29) is 5.78 Å². The van der Waals surface area contributed by atoms with E-state index in [2.05, 4.69) is 4.98 Å². The van der Waals surface area contributed by atoms with E-state index in [4.69, 9.17) is 23.2 Å². The third kappa shape index (κ3) is 1.92. The number of nitrogens with zero attached hydrogens (tertiary/aromatic N) is 1. The van der Waals surface area contributed by atoms with E-state index in [1.54, 1.807) is 18.2 Å². The number of ketones is 1. The molecule has 2 nitrogen and oxygen atoms in total. The Bertz CT molecular complexity index is 652. The molecule has 0 saturated heterocycles. The maximum absolute atomic E-state index is 12.4. The second-order valence-corrected chi connectivity index (χ2v) is 5.10. The molecule has 1 aliphatic rings. The van der Waals surface area contributed by atoms with Gasteiger partial charge in [0, 0.05) is 10.6 Å². The minimum Gasteiger partial charge on any atom is -0.287 e. The third-order valence-electron chi connectivity index (χ3n) is 3.14. The van der Waals surface area contributed by atoms with Crippen LogP contribution in [0, 0.1) is 0 Å². The van der Waals surface area contributed by atoms with Crippen molar-refractivity contribution in [1.29, 1.82) is 0 Å². The molecule has 4 heteroatoms. The summed E-state index contributed by atoms with van der Waals surface area (Å²) >= 11 is 11.8. The molecule has 2 aromatic rings. The summed E-state index contributed by atoms with van der Waals surface area (Å²) in [5, 5.41) is 0.998. The summed E-state index contributed by atoms with van der Waals surface area (Å²) in [4.78, 5) is 16.6. The van der Waals surface area contributed by atoms with Gasteiger partial charge in [-0.05, 0) is 48.2 Å². The number of aromatic nitrogens is 1. The van der Waals surface area contributed by atoms with Gasteiger partial charge in [0.25, 0.3) is 0 Å². The molecular weight excluding hydrogens is 269 g/mol. The fourth-order valence-electron chi connectivity index (χ4n) is 2.25. The maximum Gasteiger partial charge on any atom is 0.211 e. The molecule has 1 aliphatic carbocycles. The lowest BCUT2D eigenvalue weighted by Crippen LogP contribution is -2.06. The average molecular weight is 278 g/mol. The Balaban J connectivity index is 2.20. The predicted octanol–water partition coefficient (Wildman–Crippen LogP) is 3.72. The van der Waals surface area contributed by atoms with Gasteiger partial charge in [0.05, 0.1) is 0 Å². The van der Waals surface area contributed by atoms with E-state index < -0.39 is 0 Å². The quantitative estimate of drug-likeness (QED) is 0.687. The second-order valence-electron chi connectivity index (χ2n) is 4.27. The van der Waals surface area contributed by atoms with Crippen LogP contribution < -0.4 is 0 Å². The Morgan fingerprint density at radius 1 is 1.00 bits per heavy atom. The van der Waals surface area contributed by atoms with Crippen molar-refractivity contribution >= 4 is 29.0 Å². The van der Waals surface area contributed by atoms with Gasteiger partial charge in [-0.25, -0.2) is 4.98 Å². The molecular formula is C14H9Cl2NO. The standard InChI is InChI=1S/C14H9Cl2NO/c15-10-4-5-11-9(7-10)2-1-8-3-6-12(16)17-13(8)14(11)18/h3-7H,1-2H2. The fourth-order valence-corrected chi connectivity index (χ4v) is 2.59. The summed E-state index contributed by atoms with van der Waals surface area (Å²) in [6.07, 6.45) is 1.57. The largest absolute Gasteiger partial charge is 0.287 e. The van der Waals surface area contributed by atoms with Crippen LogP contribution >= 0.6 is 23.2 Å². The first kappa shape index (κ1) is 11.7. The van der Waals surface area contributed by atoms with Gasteiger partial charge in [-0.3, -0.25) is 4.79 Å². The van der Waals surface area contributed by atoms with Crippen LogP contribution in [0.2, 0.25) is 10.2 Å². The number of hydrogen-bond donors (Lipinski definition) is 0. The molecule has 0 radical (unpaired) electrons. The number of pyridine rings is 1. The van der Waals surface area contributed by atoms with E-state index in [0.717, 1.165) is 24.0 Å². The summed E-state index contributed by atoms with van der Waals surface area (Å²) in [5.41, 5.74) is 3.05. The van der Waals surface area contributed by atoms with E-state index in [0.29, 0.717) is 21.4 Å². The lowest BCUT2D eigenvalue weighted by atomic mass is 10.0. The highest BCUT2D eigenvalue weighted by molar-refractivity contribution is 6.31. The highest BCUT2D eigenvalue weighted by Crippen LogP contribution is 2.26. The Morgan fingerprint density at radius 3 is 2.61 bits per heavy atom. The maximum atomic E-state index is 12.4. The molecule has 3 rings (SSSR count). The van der Waals surface area contributed by atoms with Crippen LogP contribution in [0.3, 0.4) is 0 Å². The van der Waals surface area contributed by atoms with Gasteiger partial charge in [-0.1, -0.05) is 29.3 Å². The van der Waals surface area contributed by atoms with Crippen molar-refractivity contribution < 1.29 is 4.79 Å². The molecule has 0 amide bonds. The van der Waals surface area contributed by atoms with Crippen molar-refractivity contribution in [2.75, 3.05) is 0 Å². The number of hydrogen-bond acceptors (Lipinski definition) is 2. The van der Waals surface area contributed by atoms with Crippen molar-refractivity contribution in [3.8, 4) is 0 Å². The zero-order valence-corrected chi connectivity index (χ0v) is 10.9. The number of fused-ring (bicyclic) bond motifs is 2. The second kappa shape index (κ2) is 4.38. The number of halogens is 2. The molecule has 0 fully saturated rings. The highest BCUT2D eigenvalue weighted by Gasteiger charge is 2.22. The van der Waals surface area contributed by atoms with Gasteiger partial charge in [-0.15, -0.1) is 0 Å². The van der Waals surface area contributed by atoms with Gasteiger partial charge in [0.2, 0.25) is 5.78 Å². The van der Waals surface area contributed by atoms with Crippen LogP contribution in [0.5, 0.6) is 0 Å². The third-order valence-corrected chi connectivity index (χ3v) is 3.58. The zero-order chi connectivity index (χ0) is 12.7. The number of benzene rings is 1. The topological polar surface area (TPSA) is 30.0 Å². The van der Waals surface area contributed by atoms with Crippen LogP contribution in [-0.2, 0) is 12.8 Å². The van der Waals surface area contributed by atoms with Crippen LogP contribution in [0.1, 0.15) is 27.2 Å². The Morgan fingerprint density at radius 2 is 1.78 bits per heavy atom. The highest BCUT2D eigenvalue weighted by atomic mass is 35.5. The lowest BCUT2D eigenvalue weighted by molar-refractivity contribution is 0.103. The van der Waals surface area contributed by atoms with Crippen molar-refractivity contribution in [1.82, 2.24) is 4.98 Å². The molecule has 0 atom stereocenters. The van der Waals surface area contributed by atoms with Crippen molar-refractivity contribution in [3.05, 3.63) is 62.9 Å². The van der Waals surface area contributed by atoms with Crippen LogP contribution in [0.25, 0.3) is 0 Å². The van der Waals surface area contributed by atoms with Crippen LogP contribution in [0.4, 0.5) is 0 Å². The lowest BCUT2D eigenvalue weighted by Gasteiger charge is -2.04. The van der Waals surface area contributed by atoms with Crippen molar-refractivity contribution in [3.63, 3.8) is 0 Å². The molecule has 0 bridgehead atoms. The number of aryl methyl sites for hydroxylation is 2. The molecule has 0 aliphatic heterocycles. The molecule has 90 valence electrons. The van der Waals surface area contributed by atoms with Crippen LogP contribution in [0.15, 0.2) is 30.3 Å². The first-order chi connectivity index (χ1) is 8.65. The SMILES string of the molecule is O=C1c2ccc(Cl)cc2CCc2ccc(Cl)nc21. The molecule has 0 spiro atoms. The molecule has 1 heterocycles. The Kier molecular flexibility index (Phi) is 2.84. The summed E-state index contributed by atoms with van der Waals surface area (Å²) in [5.74, 6) is -0.0725. The minimum atomic E-state index is -0.0725. The van der Waals surface area contributed by atoms with Crippen LogP contribution in [-0.4, -0.2) is 10.8 Å². The summed E-state index contributed by atoms with van der Waals surface area (Å²) in [6.45, 7) is 0. The summed E-state index contributed by atoms with van der Waals surface area (Å²) in [7, 11) is 0. The average Bonchev–Trinajstić information content (AvgIpc) is 2.48. The number of carbonyl (C=O) groups excluding carboxylic acids is 1. The smallest absolute Gasteiger partial charge is 0.211 e. The van der Waals surface area contributed by atoms with Gasteiger partial charge in [0.15, 0.2) is 0 Å². The first-order valence-corrected chi connectivity index (χ1v) is 6.39. The normalized spacial score (nSPS) is 13.8. The molecule has 1 aromatic carbocycles. The van der Waals surface area contributed by atoms with Gasteiger partial charge in [-0.2, -0.15) is 0 Å². The van der Waals surface area contributed by atoms with E-state index in [1.165, 1.54) is 0 Å². The Labute approximate surface area is 115 Å². The first-order valence-electron chi connectivity index (χ1n) is 5.64. The van der Waals surface area contributed by atoms with Crippen molar-refractivity contribution in [2.24, 2.45) is 0 Å². The molecule has 1 aromatic heterocycles. The molecule has 0 unspecified atom stereocenters. The fraction of sp³-hybridized carbons (Fsp3) is 0.143. The molecule has 18 heavy (non-hydrogen) atoms. The molecule has 0 saturated carbocycles. The summed E-state index contributed by atoms with van der Waals surface area (Å²) < 4.78 is 0. The van der Waals surface area contributed by atoms with E-state index in [9.17, 15) is 4.79 Å². The van der Waals surface area contributed by atoms with Crippen molar-refractivity contribution in [2.45, 2.75) is 12.8 Å². The number of carbonyl (C=O) groups is 1. The van der Waals surface area contributed by atoms with Gasteiger partial charge >= 0.3 is 0 Å². The van der Waals surface area contributed by atoms with E-state index >= 15 is 0 Å². The Hall–Kier alpha value is -1.38. The molecule has 0 N–H and O–H groups in total. The number of rotatable bonds is 0. The monoisotopic (exact) mass is 277 g/mol. The van der Waals surface area contributed by atoms with Gasteiger partial charge < -0.3 is 0 Å². The summed E-state index contributed by atoms with van der Waals surface area (Å²) in [6, 6.07) is 8.93. The van der Waals surface area contributed by atoms with E-state index in [1.807, 2.05) is 12.1 Å². The van der Waals surface area contributed by atoms with Gasteiger partial charge in [0.1, 0.15) is 10.8 Å².